The fourth-order valence-electron chi connectivity index (χ4n) is 0.156. The quantitative estimate of drug-likeness (QED) is 0.390. The average molecular weight is 99.2 g/mol. The van der Waals surface area contributed by atoms with Gasteiger partial charge in [0.2, 0.25) is 0 Å². The van der Waals surface area contributed by atoms with Crippen molar-refractivity contribution in [2.75, 3.05) is 0 Å². The van der Waals surface area contributed by atoms with Gasteiger partial charge in [-0.3, -0.25) is 5.41 Å². The van der Waals surface area contributed by atoms with E-state index in [0.29, 0.717) is 0 Å². The summed E-state index contributed by atoms with van der Waals surface area (Å²) in [5.41, 5.74) is 5.09. The molecule has 0 fully saturated rings. The highest BCUT2D eigenvalue weighted by Gasteiger charge is 1.98. The molecule has 0 aromatic carbocycles. The van der Waals surface area contributed by atoms with Crippen LogP contribution in [-0.4, -0.2) is 5.84 Å². The second-order valence-corrected chi connectivity index (χ2v) is 1.65. The summed E-state index contributed by atoms with van der Waals surface area (Å²) in [6, 6.07) is 0. The van der Waals surface area contributed by atoms with E-state index < -0.39 is 0 Å². The number of hydrogen-bond donors (Lipinski definition) is 2. The van der Waals surface area contributed by atoms with Gasteiger partial charge in [0.1, 0.15) is 0 Å². The predicted octanol–water partition coefficient (Wildman–Crippen LogP) is 0.783. The first-order valence-corrected chi connectivity index (χ1v) is 2.31. The van der Waals surface area contributed by atoms with Crippen molar-refractivity contribution in [1.82, 2.24) is 0 Å². The number of hydrogen-bond acceptors (Lipinski definition) is 1. The molecule has 0 aliphatic heterocycles. The molecule has 0 aliphatic rings. The summed E-state index contributed by atoms with van der Waals surface area (Å²) in [4.78, 5) is 0. The van der Waals surface area contributed by atoms with Crippen LogP contribution in [0.1, 0.15) is 13.3 Å². The molecule has 0 saturated heterocycles. The van der Waals surface area contributed by atoms with Crippen molar-refractivity contribution >= 4 is 5.84 Å². The zero-order valence-electron chi connectivity index (χ0n) is 4.57. The van der Waals surface area contributed by atoms with Crippen LogP contribution in [0.3, 0.4) is 0 Å². The molecular weight excluding hydrogens is 88.1 g/mol. The van der Waals surface area contributed by atoms with Gasteiger partial charge < -0.3 is 5.73 Å². The fourth-order valence-corrected chi connectivity index (χ4v) is 0.156. The molecule has 0 amide bonds. The van der Waals surface area contributed by atoms with Gasteiger partial charge in [-0.2, -0.15) is 0 Å². The minimum atomic E-state index is 0.153. The van der Waals surface area contributed by atoms with Crippen LogP contribution in [-0.2, 0) is 0 Å². The van der Waals surface area contributed by atoms with Gasteiger partial charge in [-0.05, 0) is 6.42 Å². The summed E-state index contributed by atoms with van der Waals surface area (Å²) >= 11 is 0. The molecule has 7 heavy (non-hydrogen) atoms. The lowest BCUT2D eigenvalue weighted by atomic mass is 10.1. The summed E-state index contributed by atoms with van der Waals surface area (Å²) in [6.07, 6.45) is 0.718. The van der Waals surface area contributed by atoms with E-state index in [1.54, 1.807) is 0 Å². The normalized spacial score (nSPS) is 13.4. The third-order valence-electron chi connectivity index (χ3n) is 0.964. The SMILES string of the molecule is [CH2]CC(C)C(=N)N. The maximum Gasteiger partial charge on any atom is 0.0934 e. The third kappa shape index (κ3) is 2.20. The van der Waals surface area contributed by atoms with Crippen LogP contribution in [0.4, 0.5) is 0 Å². The molecule has 0 bridgehead atoms. The summed E-state index contributed by atoms with van der Waals surface area (Å²) in [7, 11) is 0. The molecule has 41 valence electrons. The van der Waals surface area contributed by atoms with Crippen LogP contribution < -0.4 is 5.73 Å². The Labute approximate surface area is 44.2 Å². The van der Waals surface area contributed by atoms with Crippen molar-refractivity contribution < 1.29 is 0 Å². The van der Waals surface area contributed by atoms with Crippen LogP contribution in [0.2, 0.25) is 0 Å². The summed E-state index contributed by atoms with van der Waals surface area (Å²) in [5, 5.41) is 6.84. The molecule has 1 radical (unpaired) electrons. The zero-order valence-corrected chi connectivity index (χ0v) is 4.57. The predicted molar refractivity (Wildman–Crippen MR) is 31.1 cm³/mol. The van der Waals surface area contributed by atoms with E-state index in [4.69, 9.17) is 11.1 Å². The fraction of sp³-hybridized carbons (Fsp3) is 0.600. The molecule has 3 N–H and O–H groups in total. The van der Waals surface area contributed by atoms with E-state index in [9.17, 15) is 0 Å². The summed E-state index contributed by atoms with van der Waals surface area (Å²) < 4.78 is 0. The first-order valence-electron chi connectivity index (χ1n) is 2.31. The molecule has 0 aromatic heterocycles. The Balaban J connectivity index is 3.34. The number of nitrogens with one attached hydrogen (secondary N) is 1. The molecule has 1 atom stereocenters. The van der Waals surface area contributed by atoms with Crippen LogP contribution in [0.5, 0.6) is 0 Å². The topological polar surface area (TPSA) is 49.9 Å². The van der Waals surface area contributed by atoms with Gasteiger partial charge in [0.25, 0.3) is 0 Å². The van der Waals surface area contributed by atoms with Crippen molar-refractivity contribution in [3.63, 3.8) is 0 Å². The van der Waals surface area contributed by atoms with Crippen LogP contribution in [0.15, 0.2) is 0 Å². The maximum absolute atomic E-state index is 6.84. The van der Waals surface area contributed by atoms with Gasteiger partial charge in [-0.1, -0.05) is 13.8 Å². The molecule has 2 nitrogen and oxygen atoms in total. The first kappa shape index (κ1) is 6.47. The maximum atomic E-state index is 6.84. The first-order chi connectivity index (χ1) is 3.18. The lowest BCUT2D eigenvalue weighted by molar-refractivity contribution is 0.774. The zero-order chi connectivity index (χ0) is 5.86. The lowest BCUT2D eigenvalue weighted by Crippen LogP contribution is -2.18. The standard InChI is InChI=1S/C5H11N2/c1-3-4(2)5(6)7/h4H,1,3H2,2H3,(H3,6,7). The Hall–Kier alpha value is -0.530. The highest BCUT2D eigenvalue weighted by atomic mass is 14.7. The third-order valence-corrected chi connectivity index (χ3v) is 0.964. The minimum absolute atomic E-state index is 0.153. The number of rotatable bonds is 2. The van der Waals surface area contributed by atoms with Crippen LogP contribution in [0.25, 0.3) is 0 Å². The Morgan fingerprint density at radius 3 is 2.43 bits per heavy atom. The van der Waals surface area contributed by atoms with Gasteiger partial charge in [0, 0.05) is 5.92 Å². The van der Waals surface area contributed by atoms with Gasteiger partial charge in [-0.25, -0.2) is 0 Å². The van der Waals surface area contributed by atoms with E-state index in [0.717, 1.165) is 6.42 Å². The van der Waals surface area contributed by atoms with E-state index in [1.807, 2.05) is 6.92 Å². The largest absolute Gasteiger partial charge is 0.387 e. The molecular formula is C5H11N2. The Bertz CT molecular complexity index is 68.5. The Morgan fingerprint density at radius 2 is 2.43 bits per heavy atom. The average Bonchev–Trinajstić information content (AvgIpc) is 1.65. The highest BCUT2D eigenvalue weighted by molar-refractivity contribution is 5.79. The van der Waals surface area contributed by atoms with E-state index >= 15 is 0 Å². The van der Waals surface area contributed by atoms with Crippen molar-refractivity contribution in [2.24, 2.45) is 11.7 Å². The Kier molecular flexibility index (Phi) is 2.41. The van der Waals surface area contributed by atoms with Gasteiger partial charge in [0.15, 0.2) is 0 Å². The van der Waals surface area contributed by atoms with E-state index in [2.05, 4.69) is 6.92 Å². The highest BCUT2D eigenvalue weighted by Crippen LogP contribution is 1.96. The second kappa shape index (κ2) is 2.61. The Morgan fingerprint density at radius 1 is 2.00 bits per heavy atom. The van der Waals surface area contributed by atoms with Gasteiger partial charge >= 0.3 is 0 Å². The summed E-state index contributed by atoms with van der Waals surface area (Å²) in [5.74, 6) is 0.384. The minimum Gasteiger partial charge on any atom is -0.387 e. The molecule has 1 unspecified atom stereocenters. The molecule has 2 heteroatoms. The number of amidine groups is 1. The van der Waals surface area contributed by atoms with Crippen molar-refractivity contribution in [3.05, 3.63) is 6.92 Å². The summed E-state index contributed by atoms with van der Waals surface area (Å²) in [6.45, 7) is 5.47. The molecule has 0 spiro atoms. The van der Waals surface area contributed by atoms with Gasteiger partial charge in [-0.15, -0.1) is 0 Å². The monoisotopic (exact) mass is 99.1 g/mol. The van der Waals surface area contributed by atoms with Crippen LogP contribution in [0, 0.1) is 18.3 Å². The molecule has 0 rings (SSSR count). The van der Waals surface area contributed by atoms with E-state index in [1.165, 1.54) is 0 Å². The molecule has 0 aliphatic carbocycles. The molecule has 0 aromatic rings. The van der Waals surface area contributed by atoms with Crippen LogP contribution >= 0.6 is 0 Å². The second-order valence-electron chi connectivity index (χ2n) is 1.65. The van der Waals surface area contributed by atoms with Crippen molar-refractivity contribution in [3.8, 4) is 0 Å². The lowest BCUT2D eigenvalue weighted by Gasteiger charge is -2.01. The molecule has 0 heterocycles. The van der Waals surface area contributed by atoms with Crippen molar-refractivity contribution in [2.45, 2.75) is 13.3 Å². The van der Waals surface area contributed by atoms with Gasteiger partial charge in [0.05, 0.1) is 5.84 Å². The number of nitrogens with two attached hydrogens (primary N) is 1. The van der Waals surface area contributed by atoms with Crippen molar-refractivity contribution in [1.29, 1.82) is 5.41 Å². The smallest absolute Gasteiger partial charge is 0.0934 e. The van der Waals surface area contributed by atoms with E-state index in [-0.39, 0.29) is 11.8 Å². The molecule has 0 saturated carbocycles.